The van der Waals surface area contributed by atoms with Gasteiger partial charge in [0.05, 0.1) is 6.04 Å². The summed E-state index contributed by atoms with van der Waals surface area (Å²) in [5.74, 6) is -0.749. The Morgan fingerprint density at radius 1 is 1.48 bits per heavy atom. The molecule has 2 aliphatic carbocycles. The molecule has 1 aromatic rings. The van der Waals surface area contributed by atoms with Crippen molar-refractivity contribution >= 4 is 17.7 Å². The maximum Gasteiger partial charge on any atom is 0.323 e. The molecule has 0 spiro atoms. The van der Waals surface area contributed by atoms with Gasteiger partial charge in [0, 0.05) is 11.3 Å². The second kappa shape index (κ2) is 5.57. The first-order chi connectivity index (χ1) is 10.00. The predicted octanol–water partition coefficient (Wildman–Crippen LogP) is 1.47. The summed E-state index contributed by atoms with van der Waals surface area (Å²) in [6, 6.07) is 0.601. The highest BCUT2D eigenvalue weighted by Gasteiger charge is 2.46. The van der Waals surface area contributed by atoms with Gasteiger partial charge in [-0.05, 0) is 56.4 Å². The number of rotatable bonds is 6. The minimum absolute atomic E-state index is 0.154. The van der Waals surface area contributed by atoms with E-state index in [1.165, 1.54) is 0 Å². The summed E-state index contributed by atoms with van der Waals surface area (Å²) in [4.78, 5) is 11.7. The lowest BCUT2D eigenvalue weighted by atomic mass is 9.97. The molecule has 0 saturated heterocycles. The maximum atomic E-state index is 11.7. The molecule has 2 aliphatic rings. The van der Waals surface area contributed by atoms with E-state index in [1.807, 2.05) is 18.5 Å². The predicted molar refractivity (Wildman–Crippen MR) is 78.2 cm³/mol. The molecule has 0 bridgehead atoms. The molecule has 116 valence electrons. The maximum absolute atomic E-state index is 11.7. The fourth-order valence-electron chi connectivity index (χ4n) is 3.00. The van der Waals surface area contributed by atoms with Gasteiger partial charge in [-0.3, -0.25) is 10.1 Å². The fourth-order valence-corrected chi connectivity index (χ4v) is 4.28. The van der Waals surface area contributed by atoms with Crippen LogP contribution in [0.1, 0.15) is 52.0 Å². The molecule has 0 aromatic carbocycles. The smallest absolute Gasteiger partial charge is 0.323 e. The molecule has 1 aromatic heterocycles. The third-order valence-corrected chi connectivity index (χ3v) is 5.29. The third kappa shape index (κ3) is 3.06. The number of tetrazole rings is 1. The van der Waals surface area contributed by atoms with Gasteiger partial charge in [0.2, 0.25) is 5.16 Å². The van der Waals surface area contributed by atoms with E-state index in [-0.39, 0.29) is 11.3 Å². The average molecular weight is 311 g/mol. The highest BCUT2D eigenvalue weighted by Crippen LogP contribution is 2.42. The first-order valence-electron chi connectivity index (χ1n) is 7.46. The standard InChI is InChI=1S/C13H21N5O2S/c1-8(2)14-13(11(19)20)6-5-10(7-13)21-12-15-16-17-18(12)9-3-4-9/h8-10,14H,3-7H2,1-2H3,(H,19,20). The van der Waals surface area contributed by atoms with Crippen LogP contribution in [0.4, 0.5) is 0 Å². The lowest BCUT2D eigenvalue weighted by molar-refractivity contribution is -0.145. The van der Waals surface area contributed by atoms with Crippen LogP contribution < -0.4 is 5.32 Å². The first-order valence-corrected chi connectivity index (χ1v) is 8.34. The van der Waals surface area contributed by atoms with Crippen LogP contribution in [0.5, 0.6) is 0 Å². The van der Waals surface area contributed by atoms with Crippen molar-refractivity contribution in [3.8, 4) is 0 Å². The molecule has 3 rings (SSSR count). The monoisotopic (exact) mass is 311 g/mol. The zero-order chi connectivity index (χ0) is 15.0. The van der Waals surface area contributed by atoms with Gasteiger partial charge in [-0.1, -0.05) is 11.8 Å². The van der Waals surface area contributed by atoms with Gasteiger partial charge < -0.3 is 5.11 Å². The van der Waals surface area contributed by atoms with Gasteiger partial charge in [0.1, 0.15) is 5.54 Å². The van der Waals surface area contributed by atoms with Crippen LogP contribution >= 0.6 is 11.8 Å². The Morgan fingerprint density at radius 2 is 2.24 bits per heavy atom. The largest absolute Gasteiger partial charge is 0.480 e. The Hall–Kier alpha value is -1.15. The van der Waals surface area contributed by atoms with Crippen molar-refractivity contribution in [3.63, 3.8) is 0 Å². The SMILES string of the molecule is CC(C)NC1(C(=O)O)CCC(Sc2nnnn2C2CC2)C1. The fraction of sp³-hybridized carbons (Fsp3) is 0.846. The van der Waals surface area contributed by atoms with Gasteiger partial charge >= 0.3 is 5.97 Å². The molecule has 0 radical (unpaired) electrons. The van der Waals surface area contributed by atoms with Gasteiger partial charge in [-0.25, -0.2) is 4.68 Å². The molecule has 2 N–H and O–H groups in total. The molecular weight excluding hydrogens is 290 g/mol. The molecule has 2 atom stereocenters. The molecule has 2 saturated carbocycles. The minimum Gasteiger partial charge on any atom is -0.480 e. The van der Waals surface area contributed by atoms with E-state index in [9.17, 15) is 9.90 Å². The van der Waals surface area contributed by atoms with Crippen molar-refractivity contribution in [3.05, 3.63) is 0 Å². The van der Waals surface area contributed by atoms with Crippen LogP contribution in [0.3, 0.4) is 0 Å². The second-order valence-electron chi connectivity index (χ2n) is 6.31. The number of thioether (sulfide) groups is 1. The molecule has 1 heterocycles. The molecule has 2 unspecified atom stereocenters. The highest BCUT2D eigenvalue weighted by molar-refractivity contribution is 7.99. The Morgan fingerprint density at radius 3 is 2.86 bits per heavy atom. The Balaban J connectivity index is 1.68. The van der Waals surface area contributed by atoms with E-state index in [0.717, 1.165) is 24.4 Å². The zero-order valence-electron chi connectivity index (χ0n) is 12.3. The molecule has 21 heavy (non-hydrogen) atoms. The zero-order valence-corrected chi connectivity index (χ0v) is 13.1. The topological polar surface area (TPSA) is 92.9 Å². The number of carboxylic acids is 1. The quantitative estimate of drug-likeness (QED) is 0.821. The molecule has 2 fully saturated rings. The molecule has 0 amide bonds. The number of aliphatic carboxylic acids is 1. The van der Waals surface area contributed by atoms with Crippen molar-refractivity contribution in [2.45, 2.75) is 74.0 Å². The van der Waals surface area contributed by atoms with Gasteiger partial charge in [0.15, 0.2) is 0 Å². The normalized spacial score (nSPS) is 29.2. The molecule has 0 aliphatic heterocycles. The summed E-state index contributed by atoms with van der Waals surface area (Å²) in [5, 5.41) is 25.8. The molecule has 8 heteroatoms. The van der Waals surface area contributed by atoms with Crippen LogP contribution in [0.2, 0.25) is 0 Å². The Kier molecular flexibility index (Phi) is 3.92. The second-order valence-corrected chi connectivity index (χ2v) is 7.57. The van der Waals surface area contributed by atoms with Crippen LogP contribution in [-0.2, 0) is 4.79 Å². The van der Waals surface area contributed by atoms with Gasteiger partial charge in [-0.2, -0.15) is 0 Å². The van der Waals surface area contributed by atoms with Crippen molar-refractivity contribution in [1.82, 2.24) is 25.5 Å². The number of carboxylic acid groups (broad SMARTS) is 1. The van der Waals surface area contributed by atoms with Crippen LogP contribution in [0.15, 0.2) is 5.16 Å². The summed E-state index contributed by atoms with van der Waals surface area (Å²) in [5.41, 5.74) is -0.802. The van der Waals surface area contributed by atoms with E-state index < -0.39 is 11.5 Å². The van der Waals surface area contributed by atoms with Crippen molar-refractivity contribution in [2.75, 3.05) is 0 Å². The summed E-state index contributed by atoms with van der Waals surface area (Å²) in [6.07, 6.45) is 4.41. The van der Waals surface area contributed by atoms with Crippen LogP contribution in [-0.4, -0.2) is 48.1 Å². The Bertz CT molecular complexity index is 530. The number of nitrogens with zero attached hydrogens (tertiary/aromatic N) is 4. The summed E-state index contributed by atoms with van der Waals surface area (Å²) >= 11 is 1.62. The van der Waals surface area contributed by atoms with Crippen LogP contribution in [0.25, 0.3) is 0 Å². The van der Waals surface area contributed by atoms with E-state index >= 15 is 0 Å². The number of carbonyl (C=O) groups is 1. The molecular formula is C13H21N5O2S. The summed E-state index contributed by atoms with van der Waals surface area (Å²) in [6.45, 7) is 3.97. The highest BCUT2D eigenvalue weighted by atomic mass is 32.2. The number of aromatic nitrogens is 4. The van der Waals surface area contributed by atoms with E-state index in [0.29, 0.717) is 18.9 Å². The lowest BCUT2D eigenvalue weighted by Crippen LogP contribution is -2.53. The number of nitrogens with one attached hydrogen (secondary N) is 1. The minimum atomic E-state index is -0.802. The average Bonchev–Trinajstić information content (AvgIpc) is 3.01. The molecule has 7 nitrogen and oxygen atoms in total. The van der Waals surface area contributed by atoms with Gasteiger partial charge in [-0.15, -0.1) is 5.10 Å². The van der Waals surface area contributed by atoms with Crippen LogP contribution in [0, 0.1) is 0 Å². The Labute approximate surface area is 127 Å². The van der Waals surface area contributed by atoms with E-state index in [1.54, 1.807) is 11.8 Å². The van der Waals surface area contributed by atoms with Crippen molar-refractivity contribution < 1.29 is 9.90 Å². The van der Waals surface area contributed by atoms with Crippen molar-refractivity contribution in [2.24, 2.45) is 0 Å². The van der Waals surface area contributed by atoms with Gasteiger partial charge in [0.25, 0.3) is 0 Å². The summed E-state index contributed by atoms with van der Waals surface area (Å²) in [7, 11) is 0. The van der Waals surface area contributed by atoms with Crippen molar-refractivity contribution in [1.29, 1.82) is 0 Å². The number of hydrogen-bond acceptors (Lipinski definition) is 6. The van der Waals surface area contributed by atoms with E-state index in [2.05, 4.69) is 20.8 Å². The third-order valence-electron chi connectivity index (χ3n) is 4.07. The van der Waals surface area contributed by atoms with E-state index in [4.69, 9.17) is 0 Å². The lowest BCUT2D eigenvalue weighted by Gasteiger charge is -2.28. The number of hydrogen-bond donors (Lipinski definition) is 2. The summed E-state index contributed by atoms with van der Waals surface area (Å²) < 4.78 is 1.89. The first kappa shape index (κ1) is 14.8.